The third-order valence-corrected chi connectivity index (χ3v) is 4.75. The molecule has 0 saturated carbocycles. The minimum atomic E-state index is -0.863. The van der Waals surface area contributed by atoms with Gasteiger partial charge >= 0.3 is 5.97 Å². The van der Waals surface area contributed by atoms with Crippen LogP contribution >= 0.6 is 0 Å². The van der Waals surface area contributed by atoms with E-state index in [1.54, 1.807) is 24.3 Å². The second kappa shape index (κ2) is 10.1. The van der Waals surface area contributed by atoms with Crippen molar-refractivity contribution in [2.45, 2.75) is 13.0 Å². The molecule has 0 aromatic heterocycles. The molecule has 0 spiro atoms. The van der Waals surface area contributed by atoms with Crippen molar-refractivity contribution >= 4 is 28.7 Å². The molecule has 3 aromatic carbocycles. The van der Waals surface area contributed by atoms with E-state index in [0.29, 0.717) is 11.3 Å². The van der Waals surface area contributed by atoms with Crippen molar-refractivity contribution in [3.05, 3.63) is 83.4 Å². The molecule has 3 rings (SSSR count). The fraction of sp³-hybridized carbons (Fsp3) is 0.160. The molecule has 1 atom stereocenters. The molecule has 0 heterocycles. The molecule has 0 aliphatic carbocycles. The lowest BCUT2D eigenvalue weighted by atomic mass is 10.00. The first-order valence-corrected chi connectivity index (χ1v) is 9.72. The van der Waals surface area contributed by atoms with Crippen LogP contribution in [-0.2, 0) is 14.3 Å². The number of nitriles is 1. The largest absolute Gasteiger partial charge is 0.497 e. The van der Waals surface area contributed by atoms with Crippen LogP contribution in [0, 0.1) is 11.3 Å². The Hall–Kier alpha value is -4.11. The monoisotopic (exact) mass is 414 g/mol. The van der Waals surface area contributed by atoms with Crippen molar-refractivity contribution in [2.75, 3.05) is 13.7 Å². The van der Waals surface area contributed by atoms with Gasteiger partial charge in [-0.1, -0.05) is 54.6 Å². The first-order valence-electron chi connectivity index (χ1n) is 9.72. The third kappa shape index (κ3) is 5.49. The molecule has 0 aliphatic rings. The predicted octanol–water partition coefficient (Wildman–Crippen LogP) is 4.18. The van der Waals surface area contributed by atoms with Crippen molar-refractivity contribution < 1.29 is 19.1 Å². The summed E-state index contributed by atoms with van der Waals surface area (Å²) in [5.41, 5.74) is 1.37. The highest BCUT2D eigenvalue weighted by atomic mass is 16.5. The summed E-state index contributed by atoms with van der Waals surface area (Å²) in [6.45, 7) is 1.38. The molecule has 1 N–H and O–H groups in total. The van der Waals surface area contributed by atoms with Crippen LogP contribution in [0.3, 0.4) is 0 Å². The molecule has 0 bridgehead atoms. The van der Waals surface area contributed by atoms with Gasteiger partial charge in [-0.2, -0.15) is 5.26 Å². The lowest BCUT2D eigenvalue weighted by molar-refractivity contribution is -0.144. The van der Waals surface area contributed by atoms with E-state index < -0.39 is 18.5 Å². The molecule has 6 nitrogen and oxygen atoms in total. The Kier molecular flexibility index (Phi) is 7.02. The third-order valence-electron chi connectivity index (χ3n) is 4.75. The summed E-state index contributed by atoms with van der Waals surface area (Å²) in [4.78, 5) is 24.6. The van der Waals surface area contributed by atoms with Gasteiger partial charge in [-0.15, -0.1) is 0 Å². The zero-order chi connectivity index (χ0) is 22.2. The molecule has 6 heteroatoms. The van der Waals surface area contributed by atoms with Gasteiger partial charge in [0.2, 0.25) is 0 Å². The van der Waals surface area contributed by atoms with E-state index in [4.69, 9.17) is 9.47 Å². The van der Waals surface area contributed by atoms with Gasteiger partial charge in [0, 0.05) is 0 Å². The number of fused-ring (bicyclic) bond motifs is 1. The maximum atomic E-state index is 12.3. The van der Waals surface area contributed by atoms with E-state index in [-0.39, 0.29) is 11.6 Å². The zero-order valence-electron chi connectivity index (χ0n) is 17.3. The van der Waals surface area contributed by atoms with Crippen molar-refractivity contribution in [1.29, 1.82) is 5.26 Å². The number of benzene rings is 3. The van der Waals surface area contributed by atoms with Crippen molar-refractivity contribution in [3.8, 4) is 11.8 Å². The number of nitrogens with zero attached hydrogens (tertiary/aromatic N) is 1. The standard InChI is InChI=1S/C25H22N2O4/c1-17(22-12-6-9-19-8-3-4-11-23(19)22)27-24(28)16-31-25(29)20(15-26)13-18-7-5-10-21(14-18)30-2/h3-14,17H,16H2,1-2H3,(H,27,28)/b20-13+/t17-/m1/s1. The van der Waals surface area contributed by atoms with Crippen LogP contribution in [0.5, 0.6) is 5.75 Å². The van der Waals surface area contributed by atoms with Crippen LogP contribution in [0.2, 0.25) is 0 Å². The Morgan fingerprint density at radius 1 is 1.10 bits per heavy atom. The van der Waals surface area contributed by atoms with Gasteiger partial charge in [-0.25, -0.2) is 4.79 Å². The summed E-state index contributed by atoms with van der Waals surface area (Å²) < 4.78 is 10.2. The van der Waals surface area contributed by atoms with Crippen LogP contribution in [0.4, 0.5) is 0 Å². The molecule has 0 saturated heterocycles. The normalized spacial score (nSPS) is 12.0. The van der Waals surface area contributed by atoms with Crippen molar-refractivity contribution in [2.24, 2.45) is 0 Å². The Morgan fingerprint density at radius 2 is 1.84 bits per heavy atom. The molecular formula is C25H22N2O4. The topological polar surface area (TPSA) is 88.4 Å². The number of hydrogen-bond donors (Lipinski definition) is 1. The smallest absolute Gasteiger partial charge is 0.349 e. The van der Waals surface area contributed by atoms with E-state index in [9.17, 15) is 14.9 Å². The summed E-state index contributed by atoms with van der Waals surface area (Å²) in [5, 5.41) is 14.2. The minimum Gasteiger partial charge on any atom is -0.497 e. The second-order valence-corrected chi connectivity index (χ2v) is 6.88. The number of methoxy groups -OCH3 is 1. The molecule has 0 unspecified atom stereocenters. The summed E-state index contributed by atoms with van der Waals surface area (Å²) in [6.07, 6.45) is 1.39. The number of amides is 1. The summed E-state index contributed by atoms with van der Waals surface area (Å²) in [7, 11) is 1.53. The van der Waals surface area contributed by atoms with Gasteiger partial charge in [-0.3, -0.25) is 4.79 Å². The fourth-order valence-corrected chi connectivity index (χ4v) is 3.23. The lowest BCUT2D eigenvalue weighted by Crippen LogP contribution is -2.31. The Bertz CT molecular complexity index is 1170. The van der Waals surface area contributed by atoms with Crippen LogP contribution in [0.1, 0.15) is 24.1 Å². The van der Waals surface area contributed by atoms with Crippen LogP contribution in [0.25, 0.3) is 16.8 Å². The second-order valence-electron chi connectivity index (χ2n) is 6.88. The maximum absolute atomic E-state index is 12.3. The molecule has 0 fully saturated rings. The van der Waals surface area contributed by atoms with E-state index in [2.05, 4.69) is 5.32 Å². The molecular weight excluding hydrogens is 392 g/mol. The average Bonchev–Trinajstić information content (AvgIpc) is 2.80. The number of carbonyl (C=O) groups is 2. The van der Waals surface area contributed by atoms with Crippen LogP contribution in [-0.4, -0.2) is 25.6 Å². The first kappa shape index (κ1) is 21.6. The Morgan fingerprint density at radius 3 is 2.61 bits per heavy atom. The van der Waals surface area contributed by atoms with E-state index in [1.165, 1.54) is 13.2 Å². The van der Waals surface area contributed by atoms with Crippen LogP contribution in [0.15, 0.2) is 72.3 Å². The summed E-state index contributed by atoms with van der Waals surface area (Å²) in [5.74, 6) is -0.716. The zero-order valence-corrected chi connectivity index (χ0v) is 17.3. The molecule has 0 aliphatic heterocycles. The molecule has 31 heavy (non-hydrogen) atoms. The molecule has 1 amide bonds. The predicted molar refractivity (Wildman–Crippen MR) is 118 cm³/mol. The average molecular weight is 414 g/mol. The number of esters is 1. The number of hydrogen-bond acceptors (Lipinski definition) is 5. The van der Waals surface area contributed by atoms with E-state index in [1.807, 2.05) is 55.5 Å². The van der Waals surface area contributed by atoms with Gasteiger partial charge in [0.1, 0.15) is 17.4 Å². The number of nitrogens with one attached hydrogen (secondary N) is 1. The summed E-state index contributed by atoms with van der Waals surface area (Å²) in [6, 6.07) is 22.2. The minimum absolute atomic E-state index is 0.205. The number of rotatable bonds is 7. The molecule has 3 aromatic rings. The Labute approximate surface area is 180 Å². The SMILES string of the molecule is COc1cccc(/C=C(\C#N)C(=O)OCC(=O)N[C@H](C)c2cccc3ccccc23)c1. The summed E-state index contributed by atoms with van der Waals surface area (Å²) >= 11 is 0. The number of carbonyl (C=O) groups excluding carboxylic acids is 2. The van der Waals surface area contributed by atoms with E-state index >= 15 is 0 Å². The fourth-order valence-electron chi connectivity index (χ4n) is 3.23. The number of ether oxygens (including phenoxy) is 2. The van der Waals surface area contributed by atoms with Crippen molar-refractivity contribution in [1.82, 2.24) is 5.32 Å². The first-order chi connectivity index (χ1) is 15.0. The van der Waals surface area contributed by atoms with Gasteiger partial charge < -0.3 is 14.8 Å². The lowest BCUT2D eigenvalue weighted by Gasteiger charge is -2.16. The van der Waals surface area contributed by atoms with E-state index in [0.717, 1.165) is 16.3 Å². The molecule has 0 radical (unpaired) electrons. The Balaban J connectivity index is 1.62. The van der Waals surface area contributed by atoms with Gasteiger partial charge in [-0.05, 0) is 47.0 Å². The van der Waals surface area contributed by atoms with Crippen LogP contribution < -0.4 is 10.1 Å². The quantitative estimate of drug-likeness (QED) is 0.356. The highest BCUT2D eigenvalue weighted by Gasteiger charge is 2.16. The van der Waals surface area contributed by atoms with Crippen molar-refractivity contribution in [3.63, 3.8) is 0 Å². The van der Waals surface area contributed by atoms with Gasteiger partial charge in [0.05, 0.1) is 13.2 Å². The molecule has 156 valence electrons. The highest BCUT2D eigenvalue weighted by molar-refractivity contribution is 5.99. The highest BCUT2D eigenvalue weighted by Crippen LogP contribution is 2.24. The van der Waals surface area contributed by atoms with Gasteiger partial charge in [0.25, 0.3) is 5.91 Å². The van der Waals surface area contributed by atoms with Gasteiger partial charge in [0.15, 0.2) is 6.61 Å². The maximum Gasteiger partial charge on any atom is 0.349 e.